The highest BCUT2D eigenvalue weighted by Crippen LogP contribution is 2.51. The van der Waals surface area contributed by atoms with Crippen LogP contribution < -0.4 is 26.0 Å². The molecule has 0 unspecified atom stereocenters. The van der Waals surface area contributed by atoms with E-state index >= 15 is 0 Å². The summed E-state index contributed by atoms with van der Waals surface area (Å²) in [5.74, 6) is 2.06. The van der Waals surface area contributed by atoms with E-state index in [1.165, 1.54) is 73.1 Å². The first kappa shape index (κ1) is 33.6. The van der Waals surface area contributed by atoms with Gasteiger partial charge in [-0.15, -0.1) is 0 Å². The van der Waals surface area contributed by atoms with Crippen molar-refractivity contribution in [3.8, 4) is 16.9 Å². The number of benzene rings is 7. The molecule has 1 aliphatic carbocycles. The second-order valence-corrected chi connectivity index (χ2v) is 17.0. The number of nitrogens with zero attached hydrogens (tertiary/aromatic N) is 1. The van der Waals surface area contributed by atoms with Gasteiger partial charge in [0, 0.05) is 28.5 Å². The SMILES string of the molecule is CC1(C)c2cc(N3C4=C(CCCC4)Oc4ccccc43)ccc2B2c3cc(-c4coc5ccccc45)ccc3C(c3ccccc3)(c3ccccc3)c3cccc1c32. The molecule has 4 heterocycles. The number of hydrogen-bond donors (Lipinski definition) is 0. The second kappa shape index (κ2) is 12.5. The monoisotopic (exact) mass is 747 g/mol. The van der Waals surface area contributed by atoms with E-state index < -0.39 is 5.41 Å². The fourth-order valence-corrected chi connectivity index (χ4v) is 11.2. The lowest BCUT2D eigenvalue weighted by molar-refractivity contribution is 0.363. The minimum atomic E-state index is -0.536. The average molecular weight is 748 g/mol. The largest absolute Gasteiger partial charge is 0.464 e. The Balaban J connectivity index is 1.15. The molecule has 12 rings (SSSR count). The van der Waals surface area contributed by atoms with E-state index in [1.54, 1.807) is 0 Å². The zero-order valence-corrected chi connectivity index (χ0v) is 32.8. The summed E-state index contributed by atoms with van der Waals surface area (Å²) in [6, 6.07) is 61.1. The molecule has 0 saturated heterocycles. The van der Waals surface area contributed by atoms with Crippen LogP contribution in [0.2, 0.25) is 0 Å². The molecule has 4 heteroatoms. The first-order valence-corrected chi connectivity index (χ1v) is 20.8. The molecule has 0 amide bonds. The summed E-state index contributed by atoms with van der Waals surface area (Å²) in [5, 5.41) is 1.13. The second-order valence-electron chi connectivity index (χ2n) is 17.0. The first-order valence-electron chi connectivity index (χ1n) is 20.8. The molecular formula is C54H42BNO2. The number of allylic oxidation sites excluding steroid dienone is 2. The normalized spacial score (nSPS) is 16.8. The lowest BCUT2D eigenvalue weighted by atomic mass is 9.26. The summed E-state index contributed by atoms with van der Waals surface area (Å²) in [6.07, 6.45) is 6.26. The number of ether oxygens (including phenoxy) is 1. The van der Waals surface area contributed by atoms with E-state index in [0.29, 0.717) is 0 Å². The molecule has 3 nitrogen and oxygen atoms in total. The fourth-order valence-electron chi connectivity index (χ4n) is 11.2. The molecule has 0 radical (unpaired) electrons. The zero-order valence-electron chi connectivity index (χ0n) is 32.8. The third kappa shape index (κ3) is 4.57. The molecule has 0 atom stereocenters. The van der Waals surface area contributed by atoms with Crippen molar-refractivity contribution in [1.82, 2.24) is 0 Å². The number of para-hydroxylation sites is 3. The van der Waals surface area contributed by atoms with E-state index in [9.17, 15) is 0 Å². The van der Waals surface area contributed by atoms with Crippen molar-refractivity contribution in [3.63, 3.8) is 0 Å². The van der Waals surface area contributed by atoms with Gasteiger partial charge >= 0.3 is 0 Å². The molecule has 0 spiro atoms. The summed E-state index contributed by atoms with van der Waals surface area (Å²) in [5.41, 5.74) is 18.2. The highest BCUT2D eigenvalue weighted by molar-refractivity contribution is 6.97. The molecule has 8 aromatic rings. The van der Waals surface area contributed by atoms with Crippen molar-refractivity contribution in [1.29, 1.82) is 0 Å². The third-order valence-corrected chi connectivity index (χ3v) is 13.7. The van der Waals surface area contributed by atoms with Crippen LogP contribution in [0.1, 0.15) is 72.9 Å². The fraction of sp³-hybridized carbons (Fsp3) is 0.148. The smallest absolute Gasteiger partial charge is 0.242 e. The van der Waals surface area contributed by atoms with E-state index in [4.69, 9.17) is 9.15 Å². The maximum atomic E-state index is 6.57. The predicted octanol–water partition coefficient (Wildman–Crippen LogP) is 11.3. The summed E-state index contributed by atoms with van der Waals surface area (Å²) >= 11 is 0. The van der Waals surface area contributed by atoms with Gasteiger partial charge in [0.25, 0.3) is 0 Å². The van der Waals surface area contributed by atoms with E-state index in [1.807, 2.05) is 12.3 Å². The van der Waals surface area contributed by atoms with Crippen LogP contribution in [0.4, 0.5) is 11.4 Å². The van der Waals surface area contributed by atoms with Crippen LogP contribution in [0, 0.1) is 0 Å². The quantitative estimate of drug-likeness (QED) is 0.168. The van der Waals surface area contributed by atoms with Gasteiger partial charge in [-0.3, -0.25) is 0 Å². The minimum Gasteiger partial charge on any atom is -0.464 e. The number of furan rings is 1. The van der Waals surface area contributed by atoms with Gasteiger partial charge in [0.05, 0.1) is 23.1 Å². The Morgan fingerprint density at radius 1 is 0.586 bits per heavy atom. The summed E-state index contributed by atoms with van der Waals surface area (Å²) < 4.78 is 12.7. The molecule has 4 aliphatic rings. The van der Waals surface area contributed by atoms with Crippen molar-refractivity contribution >= 4 is 45.4 Å². The maximum Gasteiger partial charge on any atom is 0.242 e. The van der Waals surface area contributed by atoms with Crippen molar-refractivity contribution in [2.24, 2.45) is 0 Å². The zero-order chi connectivity index (χ0) is 38.6. The molecule has 0 fully saturated rings. The molecule has 3 aliphatic heterocycles. The van der Waals surface area contributed by atoms with Crippen LogP contribution in [0.5, 0.6) is 5.75 Å². The highest BCUT2D eigenvalue weighted by Gasteiger charge is 2.52. The van der Waals surface area contributed by atoms with Gasteiger partial charge < -0.3 is 14.1 Å². The molecule has 278 valence electrons. The Kier molecular flexibility index (Phi) is 7.24. The Hall–Kier alpha value is -6.52. The number of anilines is 2. The Morgan fingerprint density at radius 3 is 2.14 bits per heavy atom. The minimum absolute atomic E-state index is 0.0263. The third-order valence-electron chi connectivity index (χ3n) is 13.7. The van der Waals surface area contributed by atoms with E-state index in [2.05, 4.69) is 176 Å². The number of fused-ring (bicyclic) bond motifs is 6. The summed E-state index contributed by atoms with van der Waals surface area (Å²) in [4.78, 5) is 2.50. The van der Waals surface area contributed by atoms with Crippen molar-refractivity contribution in [2.75, 3.05) is 4.90 Å². The average Bonchev–Trinajstić information content (AvgIpc) is 3.72. The standard InChI is InChI=1S/C54H42BNO2/c1-53(2)42-21-15-22-43-52(42)55(45-31-29-38(33-44(45)53)56-47-23-10-13-26-50(47)58-51-27-14-11-24-48(51)56)46-32-35(40-34-57-49-25-12-9-20-39(40)49)28-30-41(46)54(43,36-16-5-3-6-17-36)37-18-7-4-8-19-37/h3-10,12-13,15-23,25-26,28-34H,11,14,24,27H2,1-2H3. The lowest BCUT2D eigenvalue weighted by Gasteiger charge is -2.49. The number of rotatable bonds is 4. The van der Waals surface area contributed by atoms with Gasteiger partial charge in [0.1, 0.15) is 11.3 Å². The van der Waals surface area contributed by atoms with Crippen LogP contribution >= 0.6 is 0 Å². The van der Waals surface area contributed by atoms with E-state index in [-0.39, 0.29) is 12.1 Å². The molecule has 58 heavy (non-hydrogen) atoms. The van der Waals surface area contributed by atoms with Crippen molar-refractivity contribution < 1.29 is 9.15 Å². The highest BCUT2D eigenvalue weighted by atomic mass is 16.5. The van der Waals surface area contributed by atoms with Crippen LogP contribution in [0.25, 0.3) is 22.1 Å². The van der Waals surface area contributed by atoms with Gasteiger partial charge in [-0.25, -0.2) is 0 Å². The number of hydrogen-bond acceptors (Lipinski definition) is 3. The molecule has 1 aromatic heterocycles. The molecular weight excluding hydrogens is 705 g/mol. The summed E-state index contributed by atoms with van der Waals surface area (Å²) in [6.45, 7) is 4.91. The topological polar surface area (TPSA) is 25.6 Å². The van der Waals surface area contributed by atoms with Gasteiger partial charge in [-0.1, -0.05) is 164 Å². The van der Waals surface area contributed by atoms with E-state index in [0.717, 1.165) is 53.0 Å². The molecule has 0 N–H and O–H groups in total. The Bertz CT molecular complexity index is 2940. The van der Waals surface area contributed by atoms with Crippen molar-refractivity contribution in [3.05, 3.63) is 215 Å². The summed E-state index contributed by atoms with van der Waals surface area (Å²) in [7, 11) is 0. The predicted molar refractivity (Wildman–Crippen MR) is 238 cm³/mol. The molecule has 0 saturated carbocycles. The van der Waals surface area contributed by atoms with Crippen LogP contribution in [0.3, 0.4) is 0 Å². The van der Waals surface area contributed by atoms with Crippen LogP contribution in [-0.2, 0) is 10.8 Å². The van der Waals surface area contributed by atoms with Crippen LogP contribution in [-0.4, -0.2) is 6.71 Å². The lowest BCUT2D eigenvalue weighted by Crippen LogP contribution is -2.67. The molecule has 0 bridgehead atoms. The maximum absolute atomic E-state index is 6.57. The van der Waals surface area contributed by atoms with Gasteiger partial charge in [-0.2, -0.15) is 0 Å². The van der Waals surface area contributed by atoms with Gasteiger partial charge in [0.2, 0.25) is 6.71 Å². The van der Waals surface area contributed by atoms with Crippen molar-refractivity contribution in [2.45, 2.75) is 50.4 Å². The van der Waals surface area contributed by atoms with Gasteiger partial charge in [-0.05, 0) is 88.5 Å². The Labute approximate surface area is 340 Å². The van der Waals surface area contributed by atoms with Crippen LogP contribution in [0.15, 0.2) is 186 Å². The first-order chi connectivity index (χ1) is 28.5. The Morgan fingerprint density at radius 2 is 1.31 bits per heavy atom. The molecule has 7 aromatic carbocycles. The van der Waals surface area contributed by atoms with Gasteiger partial charge in [0.15, 0.2) is 5.75 Å².